The van der Waals surface area contributed by atoms with Crippen LogP contribution in [0, 0.1) is 5.92 Å². The lowest BCUT2D eigenvalue weighted by Crippen LogP contribution is -2.13. The molecular formula is C12H15BrN4. The number of fused-ring (bicyclic) bond motifs is 1. The van der Waals surface area contributed by atoms with Gasteiger partial charge in [0.25, 0.3) is 0 Å². The third kappa shape index (κ3) is 2.29. The van der Waals surface area contributed by atoms with Crippen LogP contribution in [0.15, 0.2) is 23.2 Å². The van der Waals surface area contributed by atoms with Crippen LogP contribution in [0.4, 0.5) is 5.82 Å². The number of imidazole rings is 1. The van der Waals surface area contributed by atoms with E-state index in [0.717, 1.165) is 28.5 Å². The van der Waals surface area contributed by atoms with Gasteiger partial charge in [-0.15, -0.1) is 0 Å². The van der Waals surface area contributed by atoms with Gasteiger partial charge < -0.3 is 9.72 Å². The van der Waals surface area contributed by atoms with Gasteiger partial charge >= 0.3 is 0 Å². The SMILES string of the molecule is Brc1cn2ccnc2c(NCC2CCCC2)n1. The number of hydrogen-bond acceptors (Lipinski definition) is 3. The molecule has 2 heterocycles. The van der Waals surface area contributed by atoms with E-state index in [0.29, 0.717) is 0 Å². The molecule has 5 heteroatoms. The molecule has 0 spiro atoms. The molecule has 0 unspecified atom stereocenters. The third-order valence-corrected chi connectivity index (χ3v) is 3.76. The summed E-state index contributed by atoms with van der Waals surface area (Å²) in [5.41, 5.74) is 0.895. The number of nitrogens with one attached hydrogen (secondary N) is 1. The molecule has 0 amide bonds. The first-order valence-electron chi connectivity index (χ1n) is 6.06. The normalized spacial score (nSPS) is 16.8. The molecule has 0 radical (unpaired) electrons. The predicted molar refractivity (Wildman–Crippen MR) is 71.1 cm³/mol. The fourth-order valence-corrected chi connectivity index (χ4v) is 2.87. The van der Waals surface area contributed by atoms with Gasteiger partial charge in [0.15, 0.2) is 11.5 Å². The van der Waals surface area contributed by atoms with Crippen molar-refractivity contribution in [1.82, 2.24) is 14.4 Å². The van der Waals surface area contributed by atoms with Crippen molar-refractivity contribution in [2.24, 2.45) is 5.92 Å². The minimum atomic E-state index is 0.797. The van der Waals surface area contributed by atoms with Crippen molar-refractivity contribution >= 4 is 27.4 Å². The topological polar surface area (TPSA) is 42.2 Å². The average Bonchev–Trinajstić information content (AvgIpc) is 2.95. The quantitative estimate of drug-likeness (QED) is 0.946. The van der Waals surface area contributed by atoms with Crippen molar-refractivity contribution in [3.8, 4) is 0 Å². The van der Waals surface area contributed by atoms with Gasteiger partial charge in [0, 0.05) is 25.1 Å². The summed E-state index contributed by atoms with van der Waals surface area (Å²) in [6, 6.07) is 0. The lowest BCUT2D eigenvalue weighted by molar-refractivity contribution is 0.579. The monoisotopic (exact) mass is 294 g/mol. The number of rotatable bonds is 3. The zero-order valence-corrected chi connectivity index (χ0v) is 11.2. The molecule has 2 aromatic rings. The zero-order valence-electron chi connectivity index (χ0n) is 9.56. The summed E-state index contributed by atoms with van der Waals surface area (Å²) in [7, 11) is 0. The molecule has 1 aliphatic rings. The second-order valence-corrected chi connectivity index (χ2v) is 5.41. The Morgan fingerprint density at radius 2 is 2.24 bits per heavy atom. The van der Waals surface area contributed by atoms with Crippen molar-refractivity contribution in [3.63, 3.8) is 0 Å². The average molecular weight is 295 g/mol. The maximum absolute atomic E-state index is 4.46. The molecule has 2 aromatic heterocycles. The molecule has 0 aromatic carbocycles. The Morgan fingerprint density at radius 1 is 1.41 bits per heavy atom. The maximum Gasteiger partial charge on any atom is 0.180 e. The molecule has 17 heavy (non-hydrogen) atoms. The summed E-state index contributed by atoms with van der Waals surface area (Å²) in [6.45, 7) is 1.01. The van der Waals surface area contributed by atoms with Crippen LogP contribution in [-0.4, -0.2) is 20.9 Å². The van der Waals surface area contributed by atoms with E-state index in [9.17, 15) is 0 Å². The molecule has 3 rings (SSSR count). The molecule has 1 saturated carbocycles. The van der Waals surface area contributed by atoms with Crippen molar-refractivity contribution in [3.05, 3.63) is 23.2 Å². The van der Waals surface area contributed by atoms with E-state index < -0.39 is 0 Å². The van der Waals surface area contributed by atoms with E-state index in [-0.39, 0.29) is 0 Å². The lowest BCUT2D eigenvalue weighted by atomic mass is 10.1. The van der Waals surface area contributed by atoms with Crippen molar-refractivity contribution < 1.29 is 0 Å². The van der Waals surface area contributed by atoms with Crippen LogP contribution >= 0.6 is 15.9 Å². The second-order valence-electron chi connectivity index (χ2n) is 4.60. The highest BCUT2D eigenvalue weighted by Crippen LogP contribution is 2.25. The first-order valence-corrected chi connectivity index (χ1v) is 6.85. The molecule has 1 aliphatic carbocycles. The van der Waals surface area contributed by atoms with E-state index in [2.05, 4.69) is 31.2 Å². The fraction of sp³-hybridized carbons (Fsp3) is 0.500. The van der Waals surface area contributed by atoms with Crippen LogP contribution < -0.4 is 5.32 Å². The van der Waals surface area contributed by atoms with E-state index in [1.807, 2.05) is 16.8 Å². The lowest BCUT2D eigenvalue weighted by Gasteiger charge is -2.11. The van der Waals surface area contributed by atoms with Crippen LogP contribution in [0.1, 0.15) is 25.7 Å². The molecule has 1 N–H and O–H groups in total. The first kappa shape index (κ1) is 11.0. The van der Waals surface area contributed by atoms with E-state index in [1.54, 1.807) is 6.20 Å². The maximum atomic E-state index is 4.46. The summed E-state index contributed by atoms with van der Waals surface area (Å²) in [6.07, 6.45) is 11.1. The third-order valence-electron chi connectivity index (χ3n) is 3.38. The summed E-state index contributed by atoms with van der Waals surface area (Å²) in [5, 5.41) is 3.43. The predicted octanol–water partition coefficient (Wildman–Crippen LogP) is 3.09. The van der Waals surface area contributed by atoms with Crippen molar-refractivity contribution in [2.45, 2.75) is 25.7 Å². The van der Waals surface area contributed by atoms with Gasteiger partial charge in [0.2, 0.25) is 0 Å². The Morgan fingerprint density at radius 3 is 3.06 bits per heavy atom. The van der Waals surface area contributed by atoms with Gasteiger partial charge in [-0.1, -0.05) is 12.8 Å². The molecule has 0 bridgehead atoms. The summed E-state index contributed by atoms with van der Waals surface area (Å²) < 4.78 is 2.81. The molecule has 0 aliphatic heterocycles. The summed E-state index contributed by atoms with van der Waals surface area (Å²) in [4.78, 5) is 8.78. The van der Waals surface area contributed by atoms with Crippen LogP contribution in [-0.2, 0) is 0 Å². The zero-order chi connectivity index (χ0) is 11.7. The number of hydrogen-bond donors (Lipinski definition) is 1. The van der Waals surface area contributed by atoms with Gasteiger partial charge in [0.1, 0.15) is 4.60 Å². The molecule has 90 valence electrons. The number of halogens is 1. The minimum absolute atomic E-state index is 0.797. The van der Waals surface area contributed by atoms with Crippen LogP contribution in [0.2, 0.25) is 0 Å². The second kappa shape index (κ2) is 4.64. The first-order chi connectivity index (χ1) is 8.33. The molecule has 1 fully saturated rings. The summed E-state index contributed by atoms with van der Waals surface area (Å²) >= 11 is 3.42. The van der Waals surface area contributed by atoms with Gasteiger partial charge in [-0.2, -0.15) is 0 Å². The Bertz CT molecular complexity index is 516. The molecule has 4 nitrogen and oxygen atoms in total. The van der Waals surface area contributed by atoms with Crippen LogP contribution in [0.5, 0.6) is 0 Å². The molecular weight excluding hydrogens is 280 g/mol. The highest BCUT2D eigenvalue weighted by atomic mass is 79.9. The van der Waals surface area contributed by atoms with E-state index >= 15 is 0 Å². The largest absolute Gasteiger partial charge is 0.367 e. The van der Waals surface area contributed by atoms with E-state index in [4.69, 9.17) is 0 Å². The van der Waals surface area contributed by atoms with Crippen molar-refractivity contribution in [2.75, 3.05) is 11.9 Å². The Labute approximate surface area is 109 Å². The Balaban J connectivity index is 1.81. The smallest absolute Gasteiger partial charge is 0.180 e. The van der Waals surface area contributed by atoms with Crippen LogP contribution in [0.3, 0.4) is 0 Å². The molecule has 0 atom stereocenters. The Hall–Kier alpha value is -1.10. The van der Waals surface area contributed by atoms with Gasteiger partial charge in [-0.25, -0.2) is 9.97 Å². The van der Waals surface area contributed by atoms with Gasteiger partial charge in [-0.05, 0) is 34.7 Å². The molecule has 0 saturated heterocycles. The highest BCUT2D eigenvalue weighted by Gasteiger charge is 2.15. The minimum Gasteiger partial charge on any atom is -0.367 e. The Kier molecular flexibility index (Phi) is 3.01. The highest BCUT2D eigenvalue weighted by molar-refractivity contribution is 9.10. The summed E-state index contributed by atoms with van der Waals surface area (Å²) in [5.74, 6) is 1.67. The van der Waals surface area contributed by atoms with E-state index in [1.165, 1.54) is 25.7 Å². The number of aromatic nitrogens is 3. The number of anilines is 1. The number of nitrogens with zero attached hydrogens (tertiary/aromatic N) is 3. The van der Waals surface area contributed by atoms with Crippen molar-refractivity contribution in [1.29, 1.82) is 0 Å². The standard InChI is InChI=1S/C12H15BrN4/c13-10-8-17-6-5-14-12(17)11(16-10)15-7-9-3-1-2-4-9/h5-6,8-9H,1-4,7H2,(H,15,16). The van der Waals surface area contributed by atoms with Gasteiger partial charge in [0.05, 0.1) is 0 Å². The van der Waals surface area contributed by atoms with Crippen LogP contribution in [0.25, 0.3) is 5.65 Å². The fourth-order valence-electron chi connectivity index (χ4n) is 2.48. The van der Waals surface area contributed by atoms with Gasteiger partial charge in [-0.3, -0.25) is 0 Å².